The van der Waals surface area contributed by atoms with Gasteiger partial charge in [-0.15, -0.1) is 0 Å². The molecule has 0 spiro atoms. The van der Waals surface area contributed by atoms with E-state index >= 15 is 0 Å². The maximum Gasteiger partial charge on any atom is 0.294 e. The Bertz CT molecular complexity index is 1010. The van der Waals surface area contributed by atoms with Crippen molar-refractivity contribution in [2.45, 2.75) is 19.9 Å². The fourth-order valence-electron chi connectivity index (χ4n) is 3.51. The number of benzene rings is 2. The van der Waals surface area contributed by atoms with Crippen molar-refractivity contribution in [1.82, 2.24) is 0 Å². The van der Waals surface area contributed by atoms with Gasteiger partial charge >= 0.3 is 0 Å². The first-order chi connectivity index (χ1) is 14.2. The molecule has 7 heteroatoms. The molecular weight excluding hydrogens is 404 g/mol. The summed E-state index contributed by atoms with van der Waals surface area (Å²) in [4.78, 5) is 29.4. The van der Waals surface area contributed by atoms with E-state index in [9.17, 15) is 14.7 Å². The first kappa shape index (κ1) is 21.7. The second-order valence-corrected chi connectivity index (χ2v) is 8.07. The number of amides is 1. The zero-order valence-electron chi connectivity index (χ0n) is 17.6. The van der Waals surface area contributed by atoms with Crippen LogP contribution in [-0.2, 0) is 9.59 Å². The monoisotopic (exact) mass is 428 g/mol. The van der Waals surface area contributed by atoms with Crippen LogP contribution in [0.4, 0.5) is 11.4 Å². The van der Waals surface area contributed by atoms with Crippen molar-refractivity contribution in [2.24, 2.45) is 5.92 Å². The van der Waals surface area contributed by atoms with Gasteiger partial charge in [0.1, 0.15) is 5.75 Å². The lowest BCUT2D eigenvalue weighted by Crippen LogP contribution is -2.31. The molecule has 0 saturated heterocycles. The maximum absolute atomic E-state index is 13.1. The van der Waals surface area contributed by atoms with E-state index in [2.05, 4.69) is 0 Å². The van der Waals surface area contributed by atoms with Gasteiger partial charge in [0.25, 0.3) is 5.91 Å². The number of hydrogen-bond donors (Lipinski definition) is 1. The molecule has 1 aliphatic heterocycles. The molecule has 1 aliphatic rings. The number of methoxy groups -OCH3 is 1. The Labute approximate surface area is 181 Å². The largest absolute Gasteiger partial charge is 0.503 e. The number of aliphatic hydroxyl groups is 1. The highest BCUT2D eigenvalue weighted by Crippen LogP contribution is 2.43. The minimum Gasteiger partial charge on any atom is -0.503 e. The van der Waals surface area contributed by atoms with E-state index in [1.807, 2.05) is 43.3 Å². The topological polar surface area (TPSA) is 70.1 Å². The molecule has 0 radical (unpaired) electrons. The number of hydrogen-bond acceptors (Lipinski definition) is 5. The van der Waals surface area contributed by atoms with E-state index in [4.69, 9.17) is 16.3 Å². The van der Waals surface area contributed by atoms with Crippen molar-refractivity contribution >= 4 is 34.7 Å². The lowest BCUT2D eigenvalue weighted by atomic mass is 9.91. The lowest BCUT2D eigenvalue weighted by Gasteiger charge is -2.28. The lowest BCUT2D eigenvalue weighted by molar-refractivity contribution is -0.119. The van der Waals surface area contributed by atoms with Crippen LogP contribution >= 0.6 is 11.6 Å². The molecule has 0 saturated carbocycles. The summed E-state index contributed by atoms with van der Waals surface area (Å²) in [5.74, 6) is -1.35. The Morgan fingerprint density at radius 3 is 2.30 bits per heavy atom. The van der Waals surface area contributed by atoms with Crippen LogP contribution in [0, 0.1) is 5.92 Å². The van der Waals surface area contributed by atoms with E-state index < -0.39 is 17.7 Å². The number of halogens is 1. The number of carbonyl (C=O) groups excluding carboxylic acids is 2. The van der Waals surface area contributed by atoms with Crippen molar-refractivity contribution in [3.8, 4) is 5.75 Å². The van der Waals surface area contributed by atoms with Gasteiger partial charge < -0.3 is 14.7 Å². The molecule has 158 valence electrons. The number of aliphatic hydroxyl groups excluding tert-OH is 1. The quantitative estimate of drug-likeness (QED) is 0.731. The molecule has 0 aromatic heterocycles. The Morgan fingerprint density at radius 1 is 1.17 bits per heavy atom. The number of anilines is 2. The van der Waals surface area contributed by atoms with E-state index in [0.717, 1.165) is 5.69 Å². The first-order valence-electron chi connectivity index (χ1n) is 9.59. The summed E-state index contributed by atoms with van der Waals surface area (Å²) in [6.45, 7) is 3.48. The van der Waals surface area contributed by atoms with Crippen molar-refractivity contribution in [2.75, 3.05) is 31.0 Å². The predicted molar refractivity (Wildman–Crippen MR) is 118 cm³/mol. The van der Waals surface area contributed by atoms with Gasteiger partial charge in [0.2, 0.25) is 0 Å². The molecular formula is C23H25ClN2O4. The Balaban J connectivity index is 2.16. The molecule has 2 aromatic carbocycles. The van der Waals surface area contributed by atoms with Crippen molar-refractivity contribution in [3.05, 3.63) is 64.4 Å². The van der Waals surface area contributed by atoms with Crippen molar-refractivity contribution < 1.29 is 19.4 Å². The van der Waals surface area contributed by atoms with Crippen LogP contribution < -0.4 is 14.5 Å². The van der Waals surface area contributed by atoms with Gasteiger partial charge in [0.15, 0.2) is 11.5 Å². The molecule has 0 aliphatic carbocycles. The summed E-state index contributed by atoms with van der Waals surface area (Å²) in [6.07, 6.45) is 0. The molecule has 2 aromatic rings. The van der Waals surface area contributed by atoms with Gasteiger partial charge in [-0.2, -0.15) is 0 Å². The van der Waals surface area contributed by atoms with E-state index in [0.29, 0.717) is 22.0 Å². The molecule has 1 heterocycles. The molecule has 1 unspecified atom stereocenters. The SMILES string of the molecule is COc1ccc(N2C(=O)C(O)=C(C(=O)C(C)C)C2c2ccc(N(C)C)cc2)cc1Cl. The van der Waals surface area contributed by atoms with Crippen LogP contribution in [0.15, 0.2) is 53.8 Å². The van der Waals surface area contributed by atoms with Crippen LogP contribution in [0.25, 0.3) is 0 Å². The van der Waals surface area contributed by atoms with Crippen LogP contribution in [-0.4, -0.2) is 38.0 Å². The van der Waals surface area contributed by atoms with E-state index in [1.54, 1.807) is 32.0 Å². The zero-order valence-corrected chi connectivity index (χ0v) is 18.4. The zero-order chi connectivity index (χ0) is 22.2. The molecule has 1 amide bonds. The third-order valence-corrected chi connectivity index (χ3v) is 5.43. The van der Waals surface area contributed by atoms with Crippen LogP contribution in [0.3, 0.4) is 0 Å². The smallest absolute Gasteiger partial charge is 0.294 e. The average Bonchev–Trinajstić information content (AvgIpc) is 2.98. The predicted octanol–water partition coefficient (Wildman–Crippen LogP) is 4.54. The van der Waals surface area contributed by atoms with E-state index in [-0.39, 0.29) is 17.3 Å². The third kappa shape index (κ3) is 3.75. The Morgan fingerprint density at radius 2 is 1.80 bits per heavy atom. The summed E-state index contributed by atoms with van der Waals surface area (Å²) in [6, 6.07) is 11.7. The van der Waals surface area contributed by atoms with Gasteiger partial charge in [-0.1, -0.05) is 37.6 Å². The fraction of sp³-hybridized carbons (Fsp3) is 0.304. The number of rotatable bonds is 6. The van der Waals surface area contributed by atoms with Gasteiger partial charge in [0.05, 0.1) is 23.7 Å². The number of carbonyl (C=O) groups is 2. The van der Waals surface area contributed by atoms with Gasteiger partial charge in [-0.05, 0) is 35.9 Å². The van der Waals surface area contributed by atoms with Crippen molar-refractivity contribution in [1.29, 1.82) is 0 Å². The van der Waals surface area contributed by atoms with Gasteiger partial charge in [-0.25, -0.2) is 0 Å². The highest BCUT2D eigenvalue weighted by molar-refractivity contribution is 6.32. The highest BCUT2D eigenvalue weighted by atomic mass is 35.5. The Hall–Kier alpha value is -2.99. The van der Waals surface area contributed by atoms with Crippen LogP contribution in [0.1, 0.15) is 25.5 Å². The molecule has 30 heavy (non-hydrogen) atoms. The molecule has 3 rings (SSSR count). The van der Waals surface area contributed by atoms with Crippen LogP contribution in [0.2, 0.25) is 5.02 Å². The molecule has 1 N–H and O–H groups in total. The maximum atomic E-state index is 13.1. The standard InChI is InChI=1S/C23H25ClN2O4/c1-13(2)21(27)19-20(14-6-8-15(9-7-14)25(3)4)26(23(29)22(19)28)16-10-11-18(30-5)17(24)12-16/h6-13,20,28H,1-5H3. The Kier molecular flexibility index (Phi) is 6.08. The third-order valence-electron chi connectivity index (χ3n) is 5.14. The summed E-state index contributed by atoms with van der Waals surface area (Å²) in [5.41, 5.74) is 2.26. The molecule has 0 fully saturated rings. The minimum absolute atomic E-state index is 0.0968. The van der Waals surface area contributed by atoms with Crippen molar-refractivity contribution in [3.63, 3.8) is 0 Å². The molecule has 6 nitrogen and oxygen atoms in total. The van der Waals surface area contributed by atoms with Gasteiger partial charge in [-0.3, -0.25) is 14.5 Å². The second-order valence-electron chi connectivity index (χ2n) is 7.66. The minimum atomic E-state index is -0.756. The first-order valence-corrected chi connectivity index (χ1v) is 9.96. The fourth-order valence-corrected chi connectivity index (χ4v) is 3.76. The van der Waals surface area contributed by atoms with Gasteiger partial charge in [0, 0.05) is 31.4 Å². The number of ether oxygens (including phenoxy) is 1. The summed E-state index contributed by atoms with van der Waals surface area (Å²) in [7, 11) is 5.36. The normalized spacial score (nSPS) is 16.4. The summed E-state index contributed by atoms with van der Waals surface area (Å²) in [5, 5.41) is 11.0. The number of ketones is 1. The summed E-state index contributed by atoms with van der Waals surface area (Å²) >= 11 is 6.28. The summed E-state index contributed by atoms with van der Waals surface area (Å²) < 4.78 is 5.19. The van der Waals surface area contributed by atoms with E-state index in [1.165, 1.54) is 12.0 Å². The highest BCUT2D eigenvalue weighted by Gasteiger charge is 2.44. The number of Topliss-reactive ketones (excluding diaryl/α,β-unsaturated/α-hetero) is 1. The molecule has 0 bridgehead atoms. The van der Waals surface area contributed by atoms with Crippen LogP contribution in [0.5, 0.6) is 5.75 Å². The average molecular weight is 429 g/mol. The number of nitrogens with zero attached hydrogens (tertiary/aromatic N) is 2. The molecule has 1 atom stereocenters. The second kappa shape index (κ2) is 8.40.